The molecule has 4 rings (SSSR count). The molecule has 3 heterocycles. The normalized spacial score (nSPS) is 24.1. The number of nitrogens with zero attached hydrogens (tertiary/aromatic N) is 6. The highest BCUT2D eigenvalue weighted by atomic mass is 32.2. The van der Waals surface area contributed by atoms with E-state index in [0.29, 0.717) is 50.7 Å². The Kier molecular flexibility index (Phi) is 7.13. The van der Waals surface area contributed by atoms with Gasteiger partial charge in [-0.15, -0.1) is 0 Å². The number of piperazine rings is 1. The molecule has 176 valence electrons. The first-order valence-corrected chi connectivity index (χ1v) is 12.8. The van der Waals surface area contributed by atoms with E-state index in [-0.39, 0.29) is 12.2 Å². The number of benzene rings is 1. The van der Waals surface area contributed by atoms with Crippen LogP contribution in [0.5, 0.6) is 0 Å². The van der Waals surface area contributed by atoms with E-state index in [1.165, 1.54) is 5.56 Å². The summed E-state index contributed by atoms with van der Waals surface area (Å²) >= 11 is 5.60. The molecule has 2 atom stereocenters. The molecule has 0 aliphatic carbocycles. The second-order valence-electron chi connectivity index (χ2n) is 8.66. The van der Waals surface area contributed by atoms with E-state index in [1.54, 1.807) is 8.61 Å². The first-order chi connectivity index (χ1) is 15.2. The van der Waals surface area contributed by atoms with Crippen LogP contribution in [0.15, 0.2) is 30.3 Å². The fourth-order valence-electron chi connectivity index (χ4n) is 4.33. The van der Waals surface area contributed by atoms with Crippen molar-refractivity contribution in [3.05, 3.63) is 46.5 Å². The summed E-state index contributed by atoms with van der Waals surface area (Å²) in [5.74, 6) is 0.915. The fraction of sp³-hybridized carbons (Fsp3) is 0.619. The molecule has 11 heteroatoms. The molecule has 0 bridgehead atoms. The highest BCUT2D eigenvalue weighted by molar-refractivity contribution is 7.86. The summed E-state index contributed by atoms with van der Waals surface area (Å²) in [7, 11) is -1.54. The predicted octanol–water partition coefficient (Wildman–Crippen LogP) is 1.47. The largest absolute Gasteiger partial charge is 0.373 e. The Morgan fingerprint density at radius 1 is 1.03 bits per heavy atom. The molecule has 2 aliphatic rings. The number of morpholine rings is 1. The van der Waals surface area contributed by atoms with Crippen molar-refractivity contribution in [2.45, 2.75) is 39.1 Å². The number of aromatic nitrogens is 3. The van der Waals surface area contributed by atoms with Gasteiger partial charge < -0.3 is 9.30 Å². The van der Waals surface area contributed by atoms with Crippen LogP contribution in [0.25, 0.3) is 0 Å². The highest BCUT2D eigenvalue weighted by Crippen LogP contribution is 2.19. The van der Waals surface area contributed by atoms with Gasteiger partial charge in [0.25, 0.3) is 10.2 Å². The molecule has 9 nitrogen and oxygen atoms in total. The van der Waals surface area contributed by atoms with Gasteiger partial charge in [-0.1, -0.05) is 30.3 Å². The van der Waals surface area contributed by atoms with Crippen molar-refractivity contribution in [2.24, 2.45) is 7.05 Å². The van der Waals surface area contributed by atoms with Crippen molar-refractivity contribution in [2.75, 3.05) is 39.3 Å². The van der Waals surface area contributed by atoms with Crippen LogP contribution in [0.1, 0.15) is 25.2 Å². The number of hydrogen-bond acceptors (Lipinski definition) is 6. The van der Waals surface area contributed by atoms with Crippen LogP contribution in [0, 0.1) is 4.77 Å². The third kappa shape index (κ3) is 5.13. The molecule has 0 amide bonds. The van der Waals surface area contributed by atoms with E-state index < -0.39 is 10.2 Å². The highest BCUT2D eigenvalue weighted by Gasteiger charge is 2.36. The van der Waals surface area contributed by atoms with Crippen molar-refractivity contribution >= 4 is 22.4 Å². The van der Waals surface area contributed by atoms with Gasteiger partial charge >= 0.3 is 0 Å². The second kappa shape index (κ2) is 9.70. The minimum atomic E-state index is -3.48. The lowest BCUT2D eigenvalue weighted by Gasteiger charge is -2.40. The molecule has 32 heavy (non-hydrogen) atoms. The molecule has 0 radical (unpaired) electrons. The zero-order valence-electron chi connectivity index (χ0n) is 18.9. The van der Waals surface area contributed by atoms with E-state index >= 15 is 0 Å². The summed E-state index contributed by atoms with van der Waals surface area (Å²) < 4.78 is 39.5. The van der Waals surface area contributed by atoms with E-state index in [4.69, 9.17) is 22.1 Å². The van der Waals surface area contributed by atoms with Crippen LogP contribution in [0.2, 0.25) is 0 Å². The average molecular weight is 481 g/mol. The standard InChI is InChI=1S/C21H32N6O3S2/c1-17-14-26(15-18(2)30-17)32(28,29)25-11-9-24(10-12-25)16-27-21(31)23(3)20(22-27)13-19-7-5-4-6-8-19/h4-8,17-18H,9-16H2,1-3H3/t17-,18-/m0/s1. The molecule has 2 saturated heterocycles. The summed E-state index contributed by atoms with van der Waals surface area (Å²) in [6.07, 6.45) is 0.535. The molecule has 2 aromatic rings. The SMILES string of the molecule is C[C@H]1CN(S(=O)(=O)N2CCN(Cn3nc(Cc4ccccc4)n(C)c3=S)CC2)C[C@H](C)O1. The van der Waals surface area contributed by atoms with Crippen LogP contribution in [-0.2, 0) is 35.1 Å². The van der Waals surface area contributed by atoms with E-state index in [9.17, 15) is 8.42 Å². The lowest BCUT2D eigenvalue weighted by molar-refractivity contribution is -0.0458. The van der Waals surface area contributed by atoms with Crippen molar-refractivity contribution < 1.29 is 13.2 Å². The van der Waals surface area contributed by atoms with Gasteiger partial charge in [-0.2, -0.15) is 22.1 Å². The minimum Gasteiger partial charge on any atom is -0.373 e. The van der Waals surface area contributed by atoms with Gasteiger partial charge in [0.1, 0.15) is 5.82 Å². The Hall–Kier alpha value is -1.63. The topological polar surface area (TPSA) is 75.8 Å². The van der Waals surface area contributed by atoms with Crippen LogP contribution in [0.3, 0.4) is 0 Å². The number of hydrogen-bond donors (Lipinski definition) is 0. The summed E-state index contributed by atoms with van der Waals surface area (Å²) in [5.41, 5.74) is 1.19. The van der Waals surface area contributed by atoms with Crippen LogP contribution in [0.4, 0.5) is 0 Å². The maximum absolute atomic E-state index is 13.1. The lowest BCUT2D eigenvalue weighted by atomic mass is 10.1. The molecule has 2 fully saturated rings. The third-order valence-corrected chi connectivity index (χ3v) is 8.49. The Morgan fingerprint density at radius 2 is 1.66 bits per heavy atom. The average Bonchev–Trinajstić information content (AvgIpc) is 3.02. The molecule has 2 aliphatic heterocycles. The van der Waals surface area contributed by atoms with Crippen LogP contribution in [-0.4, -0.2) is 87.8 Å². The molecule has 1 aromatic carbocycles. The van der Waals surface area contributed by atoms with Gasteiger partial charge in [0, 0.05) is 52.7 Å². The molecule has 0 unspecified atom stereocenters. The number of ether oxygens (including phenoxy) is 1. The minimum absolute atomic E-state index is 0.0917. The lowest BCUT2D eigenvalue weighted by Crippen LogP contribution is -2.57. The van der Waals surface area contributed by atoms with Crippen LogP contribution < -0.4 is 0 Å². The van der Waals surface area contributed by atoms with Gasteiger partial charge in [0.2, 0.25) is 0 Å². The Labute approximate surface area is 195 Å². The van der Waals surface area contributed by atoms with Crippen molar-refractivity contribution in [3.63, 3.8) is 0 Å². The Bertz CT molecular complexity index is 1070. The molecule has 0 spiro atoms. The summed E-state index contributed by atoms with van der Waals surface area (Å²) in [6, 6.07) is 10.2. The maximum atomic E-state index is 13.1. The van der Waals surface area contributed by atoms with Crippen molar-refractivity contribution in [1.82, 2.24) is 27.9 Å². The smallest absolute Gasteiger partial charge is 0.282 e. The Morgan fingerprint density at radius 3 is 2.28 bits per heavy atom. The van der Waals surface area contributed by atoms with Gasteiger partial charge in [-0.25, -0.2) is 4.68 Å². The van der Waals surface area contributed by atoms with Crippen LogP contribution >= 0.6 is 12.2 Å². The van der Waals surface area contributed by atoms with E-state index in [1.807, 2.05) is 48.3 Å². The third-order valence-electron chi connectivity index (χ3n) is 6.04. The van der Waals surface area contributed by atoms with E-state index in [2.05, 4.69) is 17.0 Å². The van der Waals surface area contributed by atoms with Gasteiger partial charge in [0.05, 0.1) is 18.9 Å². The summed E-state index contributed by atoms with van der Waals surface area (Å²) in [5, 5.41) is 4.74. The fourth-order valence-corrected chi connectivity index (χ4v) is 6.28. The zero-order chi connectivity index (χ0) is 22.9. The first kappa shape index (κ1) is 23.5. The summed E-state index contributed by atoms with van der Waals surface area (Å²) in [6.45, 7) is 7.39. The first-order valence-electron chi connectivity index (χ1n) is 11.0. The molecule has 0 saturated carbocycles. The maximum Gasteiger partial charge on any atom is 0.282 e. The molecular formula is C21H32N6O3S2. The quantitative estimate of drug-likeness (QED) is 0.583. The molecular weight excluding hydrogens is 448 g/mol. The monoisotopic (exact) mass is 480 g/mol. The van der Waals surface area contributed by atoms with Gasteiger partial charge in [-0.05, 0) is 31.6 Å². The second-order valence-corrected chi connectivity index (χ2v) is 11.0. The van der Waals surface area contributed by atoms with Crippen molar-refractivity contribution in [1.29, 1.82) is 0 Å². The zero-order valence-corrected chi connectivity index (χ0v) is 20.6. The van der Waals surface area contributed by atoms with Gasteiger partial charge in [0.15, 0.2) is 4.77 Å². The van der Waals surface area contributed by atoms with Crippen molar-refractivity contribution in [3.8, 4) is 0 Å². The molecule has 0 N–H and O–H groups in total. The number of rotatable bonds is 6. The van der Waals surface area contributed by atoms with Gasteiger partial charge in [-0.3, -0.25) is 4.90 Å². The summed E-state index contributed by atoms with van der Waals surface area (Å²) in [4.78, 5) is 2.20. The molecule has 1 aromatic heterocycles. The predicted molar refractivity (Wildman–Crippen MR) is 125 cm³/mol. The van der Waals surface area contributed by atoms with E-state index in [0.717, 1.165) is 12.2 Å². The Balaban J connectivity index is 1.37.